The lowest BCUT2D eigenvalue weighted by molar-refractivity contribution is -0.274. The third-order valence-corrected chi connectivity index (χ3v) is 5.89. The number of carbonyl (C=O) groups excluding carboxylic acids is 1. The Morgan fingerprint density at radius 1 is 0.842 bits per heavy atom. The van der Waals surface area contributed by atoms with Gasteiger partial charge in [-0.05, 0) is 78.2 Å². The van der Waals surface area contributed by atoms with E-state index >= 15 is 0 Å². The molecule has 0 bridgehead atoms. The van der Waals surface area contributed by atoms with Crippen LogP contribution < -0.4 is 10.1 Å². The zero-order chi connectivity index (χ0) is 26.7. The Balaban J connectivity index is 1.28. The van der Waals surface area contributed by atoms with E-state index in [0.717, 1.165) is 16.7 Å². The number of benzene rings is 4. The first kappa shape index (κ1) is 24.8. The van der Waals surface area contributed by atoms with E-state index in [4.69, 9.17) is 0 Å². The molecule has 1 heterocycles. The number of halogens is 3. The fourth-order valence-electron chi connectivity index (χ4n) is 4.03. The van der Waals surface area contributed by atoms with Crippen molar-refractivity contribution < 1.29 is 22.7 Å². The molecule has 0 aliphatic carbocycles. The third-order valence-electron chi connectivity index (χ3n) is 5.89. The number of hydrogen-bond acceptors (Lipinski definition) is 4. The summed E-state index contributed by atoms with van der Waals surface area (Å²) in [6.07, 6.45) is -3.29. The van der Waals surface area contributed by atoms with Gasteiger partial charge in [0.2, 0.25) is 0 Å². The predicted molar refractivity (Wildman–Crippen MR) is 138 cm³/mol. The van der Waals surface area contributed by atoms with Gasteiger partial charge in [-0.25, -0.2) is 9.67 Å². The number of amides is 1. The van der Waals surface area contributed by atoms with E-state index in [1.54, 1.807) is 30.3 Å². The summed E-state index contributed by atoms with van der Waals surface area (Å²) in [5.74, 6) is -0.112. The second-order valence-corrected chi connectivity index (χ2v) is 8.43. The average Bonchev–Trinajstić information content (AvgIpc) is 3.40. The maximum Gasteiger partial charge on any atom is 0.573 e. The van der Waals surface area contributed by atoms with Crippen molar-refractivity contribution in [1.29, 1.82) is 0 Å². The van der Waals surface area contributed by atoms with E-state index in [9.17, 15) is 18.0 Å². The Morgan fingerprint density at radius 3 is 2.24 bits per heavy atom. The molecule has 5 aromatic rings. The molecular weight excluding hydrogens is 493 g/mol. The molecule has 5 rings (SSSR count). The van der Waals surface area contributed by atoms with Crippen LogP contribution in [0.1, 0.15) is 15.9 Å². The molecule has 0 aliphatic heterocycles. The van der Waals surface area contributed by atoms with Crippen LogP contribution in [0.2, 0.25) is 0 Å². The Morgan fingerprint density at radius 2 is 1.55 bits per heavy atom. The van der Waals surface area contributed by atoms with Crippen LogP contribution in [0.25, 0.3) is 28.2 Å². The van der Waals surface area contributed by atoms with Gasteiger partial charge in [-0.2, -0.15) is 0 Å². The lowest BCUT2D eigenvalue weighted by Gasteiger charge is -2.12. The van der Waals surface area contributed by atoms with Crippen LogP contribution in [-0.4, -0.2) is 27.0 Å². The molecule has 1 amide bonds. The van der Waals surface area contributed by atoms with Crippen LogP contribution in [0.15, 0.2) is 103 Å². The van der Waals surface area contributed by atoms with Crippen molar-refractivity contribution in [3.05, 3.63) is 115 Å². The molecular formula is C29H21F3N4O2. The van der Waals surface area contributed by atoms with Crippen LogP contribution >= 0.6 is 0 Å². The summed E-state index contributed by atoms with van der Waals surface area (Å²) in [5, 5.41) is 7.33. The van der Waals surface area contributed by atoms with Crippen LogP contribution in [0.5, 0.6) is 5.75 Å². The zero-order valence-corrected chi connectivity index (χ0v) is 20.1. The van der Waals surface area contributed by atoms with Crippen molar-refractivity contribution in [2.24, 2.45) is 0 Å². The summed E-state index contributed by atoms with van der Waals surface area (Å²) >= 11 is 0. The Kier molecular flexibility index (Phi) is 6.66. The van der Waals surface area contributed by atoms with Gasteiger partial charge in [-0.3, -0.25) is 4.79 Å². The van der Waals surface area contributed by atoms with Crippen LogP contribution in [0.3, 0.4) is 0 Å². The minimum atomic E-state index is -4.75. The summed E-state index contributed by atoms with van der Waals surface area (Å²) in [5.41, 5.74) is 5.36. The molecule has 1 aromatic heterocycles. The fraction of sp³-hybridized carbons (Fsp3) is 0.0690. The van der Waals surface area contributed by atoms with E-state index in [0.29, 0.717) is 28.3 Å². The molecule has 0 spiro atoms. The van der Waals surface area contributed by atoms with Crippen molar-refractivity contribution in [3.8, 4) is 34.0 Å². The fourth-order valence-corrected chi connectivity index (χ4v) is 4.03. The average molecular weight is 515 g/mol. The summed E-state index contributed by atoms with van der Waals surface area (Å²) in [7, 11) is 0. The van der Waals surface area contributed by atoms with E-state index < -0.39 is 6.36 Å². The van der Waals surface area contributed by atoms with Gasteiger partial charge >= 0.3 is 6.36 Å². The van der Waals surface area contributed by atoms with E-state index in [-0.39, 0.29) is 11.7 Å². The molecule has 0 aliphatic rings. The Hall–Kier alpha value is -4.92. The van der Waals surface area contributed by atoms with Crippen LogP contribution in [-0.2, 0) is 0 Å². The summed E-state index contributed by atoms with van der Waals surface area (Å²) in [4.78, 5) is 17.3. The number of hydrogen-bond donors (Lipinski definition) is 1. The standard InChI is InChI=1S/C29H21F3N4O2/c1-19-25(20-6-3-2-4-7-20)8-5-9-26(19)28(37)34-22-12-10-21(11-13-22)27-33-18-36(35-27)23-14-16-24(17-15-23)38-29(30,31)32/h2-18H,1H3,(H,34,37). The first-order chi connectivity index (χ1) is 18.3. The predicted octanol–water partition coefficient (Wildman–Crippen LogP) is 7.06. The number of rotatable bonds is 6. The first-order valence-electron chi connectivity index (χ1n) is 11.6. The minimum absolute atomic E-state index is 0.214. The number of carbonyl (C=O) groups is 1. The molecule has 38 heavy (non-hydrogen) atoms. The van der Waals surface area contributed by atoms with Gasteiger partial charge in [0, 0.05) is 16.8 Å². The summed E-state index contributed by atoms with van der Waals surface area (Å²) in [6, 6.07) is 27.9. The van der Waals surface area contributed by atoms with E-state index in [1.165, 1.54) is 35.3 Å². The minimum Gasteiger partial charge on any atom is -0.406 e. The molecule has 9 heteroatoms. The SMILES string of the molecule is Cc1c(C(=O)Nc2ccc(-c3ncn(-c4ccc(OC(F)(F)F)cc4)n3)cc2)cccc1-c1ccccc1. The number of nitrogens with zero attached hydrogens (tertiary/aromatic N) is 3. The quantitative estimate of drug-likeness (QED) is 0.263. The van der Waals surface area contributed by atoms with Crippen molar-refractivity contribution in [3.63, 3.8) is 0 Å². The van der Waals surface area contributed by atoms with Crippen molar-refractivity contribution >= 4 is 11.6 Å². The number of nitrogens with one attached hydrogen (secondary N) is 1. The highest BCUT2D eigenvalue weighted by atomic mass is 19.4. The molecule has 6 nitrogen and oxygen atoms in total. The molecule has 0 fully saturated rings. The monoisotopic (exact) mass is 514 g/mol. The molecule has 0 unspecified atom stereocenters. The highest BCUT2D eigenvalue weighted by molar-refractivity contribution is 6.06. The van der Waals surface area contributed by atoms with Crippen molar-refractivity contribution in [2.45, 2.75) is 13.3 Å². The topological polar surface area (TPSA) is 69.0 Å². The van der Waals surface area contributed by atoms with Gasteiger partial charge in [0.15, 0.2) is 5.82 Å². The molecule has 0 saturated heterocycles. The maximum atomic E-state index is 13.0. The second-order valence-electron chi connectivity index (χ2n) is 8.43. The van der Waals surface area contributed by atoms with Gasteiger partial charge < -0.3 is 10.1 Å². The van der Waals surface area contributed by atoms with Crippen molar-refractivity contribution in [1.82, 2.24) is 14.8 Å². The largest absolute Gasteiger partial charge is 0.573 e. The number of ether oxygens (including phenoxy) is 1. The molecule has 0 radical (unpaired) electrons. The van der Waals surface area contributed by atoms with Crippen LogP contribution in [0.4, 0.5) is 18.9 Å². The normalized spacial score (nSPS) is 11.3. The van der Waals surface area contributed by atoms with Gasteiger partial charge in [0.25, 0.3) is 5.91 Å². The summed E-state index contributed by atoms with van der Waals surface area (Å²) in [6.45, 7) is 1.93. The summed E-state index contributed by atoms with van der Waals surface area (Å²) < 4.78 is 42.4. The van der Waals surface area contributed by atoms with Crippen LogP contribution in [0, 0.1) is 6.92 Å². The van der Waals surface area contributed by atoms with Gasteiger partial charge in [-0.1, -0.05) is 42.5 Å². The highest BCUT2D eigenvalue weighted by Crippen LogP contribution is 2.27. The van der Waals surface area contributed by atoms with Gasteiger partial charge in [0.05, 0.1) is 5.69 Å². The van der Waals surface area contributed by atoms with E-state index in [1.807, 2.05) is 49.4 Å². The molecule has 1 N–H and O–H groups in total. The highest BCUT2D eigenvalue weighted by Gasteiger charge is 2.31. The Bertz CT molecular complexity index is 1560. The zero-order valence-electron chi connectivity index (χ0n) is 20.1. The smallest absolute Gasteiger partial charge is 0.406 e. The molecule has 0 atom stereocenters. The number of alkyl halides is 3. The van der Waals surface area contributed by atoms with Gasteiger partial charge in [-0.15, -0.1) is 18.3 Å². The molecule has 4 aromatic carbocycles. The lowest BCUT2D eigenvalue weighted by atomic mass is 9.96. The molecule has 190 valence electrons. The van der Waals surface area contributed by atoms with Gasteiger partial charge in [0.1, 0.15) is 12.1 Å². The first-order valence-corrected chi connectivity index (χ1v) is 11.6. The third kappa shape index (κ3) is 5.57. The maximum absolute atomic E-state index is 13.0. The second kappa shape index (κ2) is 10.2. The number of aromatic nitrogens is 3. The lowest BCUT2D eigenvalue weighted by Crippen LogP contribution is -2.17. The van der Waals surface area contributed by atoms with E-state index in [2.05, 4.69) is 20.1 Å². The Labute approximate surface area is 216 Å². The number of anilines is 1. The molecule has 0 saturated carbocycles. The van der Waals surface area contributed by atoms with Crippen molar-refractivity contribution in [2.75, 3.05) is 5.32 Å².